The third kappa shape index (κ3) is 6.56. The van der Waals surface area contributed by atoms with Crippen LogP contribution in [-0.4, -0.2) is 93.5 Å². The molecule has 10 heteroatoms. The van der Waals surface area contributed by atoms with Crippen molar-refractivity contribution in [3.63, 3.8) is 0 Å². The number of hydrogen-bond donors (Lipinski definition) is 1. The van der Waals surface area contributed by atoms with E-state index in [1.54, 1.807) is 29.0 Å². The number of fused-ring (bicyclic) bond motifs is 1. The molecule has 3 heterocycles. The van der Waals surface area contributed by atoms with Gasteiger partial charge in [-0.3, -0.25) is 19.2 Å². The highest BCUT2D eigenvalue weighted by Crippen LogP contribution is 2.60. The van der Waals surface area contributed by atoms with Gasteiger partial charge in [-0.1, -0.05) is 72.8 Å². The van der Waals surface area contributed by atoms with Crippen molar-refractivity contribution in [1.29, 1.82) is 0 Å². The van der Waals surface area contributed by atoms with Gasteiger partial charge in [-0.05, 0) is 51.2 Å². The zero-order chi connectivity index (χ0) is 35.5. The number of esters is 1. The predicted octanol–water partition coefficient (Wildman–Crippen LogP) is 4.62. The topological polar surface area (TPSA) is 117 Å². The number of ether oxygens (including phenoxy) is 2. The highest BCUT2D eigenvalue weighted by atomic mass is 16.6. The van der Waals surface area contributed by atoms with Crippen LogP contribution in [0.15, 0.2) is 86.0 Å². The maximum atomic E-state index is 14.8. The molecule has 1 spiro atoms. The first kappa shape index (κ1) is 36.0. The van der Waals surface area contributed by atoms with Crippen LogP contribution in [0.5, 0.6) is 0 Å². The van der Waals surface area contributed by atoms with Gasteiger partial charge in [0.15, 0.2) is 0 Å². The van der Waals surface area contributed by atoms with Crippen molar-refractivity contribution in [2.24, 2.45) is 11.8 Å². The van der Waals surface area contributed by atoms with Gasteiger partial charge in [0.05, 0.1) is 36.6 Å². The maximum Gasteiger partial charge on any atom is 0.313 e. The average molecular weight is 672 g/mol. The number of rotatable bonds is 15. The van der Waals surface area contributed by atoms with E-state index in [9.17, 15) is 24.3 Å². The molecular weight excluding hydrogens is 622 g/mol. The molecule has 2 bridgehead atoms. The van der Waals surface area contributed by atoms with E-state index in [4.69, 9.17) is 9.47 Å². The second kappa shape index (κ2) is 15.1. The van der Waals surface area contributed by atoms with E-state index >= 15 is 0 Å². The second-order valence-corrected chi connectivity index (χ2v) is 13.6. The fraction of sp³-hybridized carbons (Fsp3) is 0.487. The van der Waals surface area contributed by atoms with E-state index in [1.807, 2.05) is 81.4 Å². The van der Waals surface area contributed by atoms with E-state index in [1.165, 1.54) is 4.90 Å². The Morgan fingerprint density at radius 2 is 1.67 bits per heavy atom. The van der Waals surface area contributed by atoms with Gasteiger partial charge in [-0.15, -0.1) is 13.2 Å². The van der Waals surface area contributed by atoms with Crippen LogP contribution in [-0.2, 0) is 28.7 Å². The lowest BCUT2D eigenvalue weighted by Crippen LogP contribution is -2.58. The molecule has 2 aromatic carbocycles. The molecule has 3 amide bonds. The van der Waals surface area contributed by atoms with E-state index in [-0.39, 0.29) is 30.8 Å². The van der Waals surface area contributed by atoms with Crippen LogP contribution in [0.2, 0.25) is 0 Å². The Morgan fingerprint density at radius 3 is 2.24 bits per heavy atom. The first-order chi connectivity index (χ1) is 23.5. The van der Waals surface area contributed by atoms with Gasteiger partial charge in [-0.2, -0.15) is 0 Å². The lowest BCUT2D eigenvalue weighted by atomic mass is 9.70. The number of carbonyl (C=O) groups is 4. The summed E-state index contributed by atoms with van der Waals surface area (Å²) >= 11 is 0. The first-order valence-corrected chi connectivity index (χ1v) is 17.2. The molecule has 49 heavy (non-hydrogen) atoms. The van der Waals surface area contributed by atoms with Crippen LogP contribution in [0, 0.1) is 11.8 Å². The summed E-state index contributed by atoms with van der Waals surface area (Å²) in [5, 5.41) is 10.8. The van der Waals surface area contributed by atoms with Crippen LogP contribution in [0.4, 0.5) is 0 Å². The minimum atomic E-state index is -1.29. The lowest BCUT2D eigenvalue weighted by Gasteiger charge is -2.40. The molecular formula is C39H49N3O7. The van der Waals surface area contributed by atoms with Gasteiger partial charge in [0.2, 0.25) is 17.7 Å². The van der Waals surface area contributed by atoms with Crippen LogP contribution >= 0.6 is 0 Å². The molecule has 0 aromatic heterocycles. The minimum Gasteiger partial charge on any atom is -0.455 e. The number of nitrogens with zero attached hydrogens (tertiary/aromatic N) is 3. The van der Waals surface area contributed by atoms with Gasteiger partial charge in [-0.25, -0.2) is 0 Å². The Morgan fingerprint density at radius 1 is 1.04 bits per heavy atom. The van der Waals surface area contributed by atoms with Crippen molar-refractivity contribution >= 4 is 23.7 Å². The minimum absolute atomic E-state index is 0.111. The number of aliphatic hydroxyl groups excluding tert-OH is 1. The summed E-state index contributed by atoms with van der Waals surface area (Å²) in [7, 11) is 1.69. The van der Waals surface area contributed by atoms with E-state index < -0.39 is 66.3 Å². The molecule has 0 saturated carbocycles. The Bertz CT molecular complexity index is 1530. The molecule has 1 N–H and O–H groups in total. The summed E-state index contributed by atoms with van der Waals surface area (Å²) in [6.45, 7) is 13.0. The quantitative estimate of drug-likeness (QED) is 0.217. The summed E-state index contributed by atoms with van der Waals surface area (Å²) in [5.41, 5.74) is 0.0899. The van der Waals surface area contributed by atoms with Gasteiger partial charge < -0.3 is 29.3 Å². The normalized spacial score (nSPS) is 25.8. The highest BCUT2D eigenvalue weighted by Gasteiger charge is 2.76. The largest absolute Gasteiger partial charge is 0.455 e. The van der Waals surface area contributed by atoms with Gasteiger partial charge in [0, 0.05) is 26.1 Å². The number of hydrogen-bond acceptors (Lipinski definition) is 7. The molecule has 0 radical (unpaired) electrons. The highest BCUT2D eigenvalue weighted by molar-refractivity contribution is 5.98. The lowest BCUT2D eigenvalue weighted by molar-refractivity contribution is -0.165. The van der Waals surface area contributed by atoms with Crippen LogP contribution in [0.1, 0.15) is 69.7 Å². The number of allylic oxidation sites excluding steroid dienone is 1. The molecule has 0 unspecified atom stereocenters. The van der Waals surface area contributed by atoms with E-state index in [0.29, 0.717) is 30.4 Å². The Kier molecular flexibility index (Phi) is 11.1. The summed E-state index contributed by atoms with van der Waals surface area (Å²) in [4.78, 5) is 61.6. The fourth-order valence-electron chi connectivity index (χ4n) is 7.98. The number of amides is 3. The number of benzene rings is 2. The standard InChI is InChI=1S/C39H49N3O7/c1-7-9-20-31(44)40(6)26(5)34(28-18-14-11-15-19-28)48-38(47)32-30-21-22-39(49-30)33(32)36(45)42(29(24-43)27-16-12-10-13-17-27)35(39)37(46)41(23-8-2)25(3)4/h7-8,10-19,25-26,29-30,32-35,43H,1-2,9,20-24H2,3-6H3/t26-,29+,30+,32-,33-,34+,35+,39-/m0/s1. The molecule has 0 aliphatic carbocycles. The first-order valence-electron chi connectivity index (χ1n) is 17.2. The summed E-state index contributed by atoms with van der Waals surface area (Å²) in [5.74, 6) is -3.44. The summed E-state index contributed by atoms with van der Waals surface area (Å²) in [6, 6.07) is 15.7. The van der Waals surface area contributed by atoms with Crippen molar-refractivity contribution in [1.82, 2.24) is 14.7 Å². The number of aliphatic hydroxyl groups is 1. The molecule has 2 aromatic rings. The Balaban J connectivity index is 1.54. The second-order valence-electron chi connectivity index (χ2n) is 13.6. The number of likely N-dealkylation sites (N-methyl/N-ethyl adjacent to an activating group) is 1. The van der Waals surface area contributed by atoms with E-state index in [0.717, 1.165) is 0 Å². The zero-order valence-corrected chi connectivity index (χ0v) is 28.9. The maximum absolute atomic E-state index is 14.8. The SMILES string of the molecule is C=CCCC(=O)N(C)[C@@H](C)[C@@H](OC(=O)[C@@H]1[C@H]2C(=O)N([C@H](CO)c3ccccc3)[C@H](C(=O)N(CC=C)C(C)C)[C@]23CC[C@H]1O3)c1ccccc1. The molecule has 3 aliphatic rings. The van der Waals surface area contributed by atoms with Crippen molar-refractivity contribution in [2.75, 3.05) is 20.2 Å². The summed E-state index contributed by atoms with van der Waals surface area (Å²) < 4.78 is 13.0. The number of carbonyl (C=O) groups excluding carboxylic acids is 4. The van der Waals surface area contributed by atoms with Crippen molar-refractivity contribution < 1.29 is 33.8 Å². The fourth-order valence-corrected chi connectivity index (χ4v) is 7.98. The van der Waals surface area contributed by atoms with Crippen LogP contribution < -0.4 is 0 Å². The van der Waals surface area contributed by atoms with Gasteiger partial charge in [0.1, 0.15) is 17.7 Å². The van der Waals surface area contributed by atoms with Crippen LogP contribution in [0.3, 0.4) is 0 Å². The molecule has 8 atom stereocenters. The van der Waals surface area contributed by atoms with Gasteiger partial charge >= 0.3 is 5.97 Å². The van der Waals surface area contributed by atoms with Gasteiger partial charge in [0.25, 0.3) is 0 Å². The van der Waals surface area contributed by atoms with Crippen LogP contribution in [0.25, 0.3) is 0 Å². The van der Waals surface area contributed by atoms with Crippen molar-refractivity contribution in [3.8, 4) is 0 Å². The molecule has 5 rings (SSSR count). The monoisotopic (exact) mass is 671 g/mol. The molecule has 10 nitrogen and oxygen atoms in total. The third-order valence-electron chi connectivity index (χ3n) is 10.5. The Labute approximate surface area is 289 Å². The zero-order valence-electron chi connectivity index (χ0n) is 28.9. The third-order valence-corrected chi connectivity index (χ3v) is 10.5. The van der Waals surface area contributed by atoms with Crippen molar-refractivity contribution in [3.05, 3.63) is 97.1 Å². The Hall–Kier alpha value is -4.28. The average Bonchev–Trinajstić information content (AvgIpc) is 3.76. The molecule has 3 fully saturated rings. The smallest absolute Gasteiger partial charge is 0.313 e. The van der Waals surface area contributed by atoms with E-state index in [2.05, 4.69) is 13.2 Å². The predicted molar refractivity (Wildman–Crippen MR) is 185 cm³/mol. The molecule has 3 saturated heterocycles. The number of likely N-dealkylation sites (tertiary alicyclic amines) is 1. The molecule has 3 aliphatic heterocycles. The summed E-state index contributed by atoms with van der Waals surface area (Å²) in [6.07, 6.45) is 3.53. The molecule has 262 valence electrons. The van der Waals surface area contributed by atoms with Crippen molar-refractivity contribution in [2.45, 2.75) is 88.4 Å².